The van der Waals surface area contributed by atoms with E-state index in [1.807, 2.05) is 0 Å². The fourth-order valence-corrected chi connectivity index (χ4v) is 2.64. The molecule has 0 spiro atoms. The summed E-state index contributed by atoms with van der Waals surface area (Å²) in [4.78, 5) is 29.3. The minimum atomic E-state index is -4.51. The van der Waals surface area contributed by atoms with Crippen LogP contribution >= 0.6 is 11.6 Å². The minimum absolute atomic E-state index is 0.0748. The van der Waals surface area contributed by atoms with Gasteiger partial charge in [0.15, 0.2) is 0 Å². The molecule has 6 nitrogen and oxygen atoms in total. The highest BCUT2D eigenvalue weighted by Crippen LogP contribution is 2.33. The van der Waals surface area contributed by atoms with Gasteiger partial charge in [0.1, 0.15) is 5.82 Å². The first-order chi connectivity index (χ1) is 11.2. The van der Waals surface area contributed by atoms with Crippen molar-refractivity contribution in [3.63, 3.8) is 0 Å². The number of amides is 1. The third-order valence-electron chi connectivity index (χ3n) is 3.63. The number of halogens is 4. The topological polar surface area (TPSA) is 73.7 Å². The molecule has 1 N–H and O–H groups in total. The number of anilines is 1. The summed E-state index contributed by atoms with van der Waals surface area (Å²) in [5.74, 6) is -1.06. The van der Waals surface area contributed by atoms with Crippen molar-refractivity contribution in [1.29, 1.82) is 0 Å². The second-order valence-electron chi connectivity index (χ2n) is 5.29. The van der Waals surface area contributed by atoms with Gasteiger partial charge in [0.25, 0.3) is 0 Å². The molecule has 0 radical (unpaired) electrons. The van der Waals surface area contributed by atoms with Crippen LogP contribution in [-0.4, -0.2) is 53.0 Å². The number of hydrogen-bond donors (Lipinski definition) is 1. The zero-order valence-corrected chi connectivity index (χ0v) is 13.3. The normalized spacial score (nSPS) is 15.5. The molecule has 1 aliphatic heterocycles. The molecule has 0 aliphatic carbocycles. The molecule has 1 amide bonds. The molecule has 1 aliphatic rings. The Labute approximate surface area is 140 Å². The van der Waals surface area contributed by atoms with Gasteiger partial charge >= 0.3 is 12.1 Å². The molecular weight excluding hydrogens is 351 g/mol. The third kappa shape index (κ3) is 4.50. The molecule has 2 rings (SSSR count). The van der Waals surface area contributed by atoms with Gasteiger partial charge in [0, 0.05) is 38.8 Å². The Balaban J connectivity index is 1.97. The van der Waals surface area contributed by atoms with E-state index >= 15 is 0 Å². The maximum Gasteiger partial charge on any atom is 0.417 e. The number of piperazine rings is 1. The summed E-state index contributed by atoms with van der Waals surface area (Å²) in [5.41, 5.74) is -0.918. The highest BCUT2D eigenvalue weighted by molar-refractivity contribution is 6.33. The Morgan fingerprint density at radius 2 is 1.83 bits per heavy atom. The first-order valence-electron chi connectivity index (χ1n) is 7.15. The van der Waals surface area contributed by atoms with Crippen LogP contribution in [0, 0.1) is 0 Å². The number of aromatic nitrogens is 1. The average Bonchev–Trinajstić information content (AvgIpc) is 2.52. The Hall–Kier alpha value is -2.03. The highest BCUT2D eigenvalue weighted by atomic mass is 35.5. The number of carboxylic acid groups (broad SMARTS) is 1. The highest BCUT2D eigenvalue weighted by Gasteiger charge is 2.32. The Bertz CT molecular complexity index is 631. The van der Waals surface area contributed by atoms with E-state index < -0.39 is 17.7 Å². The van der Waals surface area contributed by atoms with Gasteiger partial charge < -0.3 is 14.9 Å². The number of carboxylic acids is 1. The molecule has 1 saturated heterocycles. The van der Waals surface area contributed by atoms with E-state index in [1.165, 1.54) is 4.90 Å². The molecule has 1 aromatic heterocycles. The summed E-state index contributed by atoms with van der Waals surface area (Å²) in [6.07, 6.45) is -4.09. The maximum absolute atomic E-state index is 12.6. The average molecular weight is 366 g/mol. The summed E-state index contributed by atoms with van der Waals surface area (Å²) in [6, 6.07) is 0.828. The number of aliphatic carboxylic acids is 1. The van der Waals surface area contributed by atoms with Crippen molar-refractivity contribution in [3.05, 3.63) is 22.8 Å². The molecule has 2 heterocycles. The van der Waals surface area contributed by atoms with Gasteiger partial charge in [0.05, 0.1) is 17.0 Å². The standard InChI is InChI=1S/C14H15ClF3N3O3/c15-10-7-9(14(16,17)18)8-19-13(10)21-5-3-20(4-6-21)11(22)1-2-12(23)24/h7-8H,1-6H2,(H,23,24). The van der Waals surface area contributed by atoms with E-state index in [1.54, 1.807) is 4.90 Å². The van der Waals surface area contributed by atoms with Crippen LogP contribution in [-0.2, 0) is 15.8 Å². The molecule has 0 bridgehead atoms. The molecule has 0 saturated carbocycles. The zero-order valence-electron chi connectivity index (χ0n) is 12.5. The molecule has 1 aromatic rings. The first-order valence-corrected chi connectivity index (χ1v) is 7.53. The number of hydrogen-bond acceptors (Lipinski definition) is 4. The van der Waals surface area contributed by atoms with Gasteiger partial charge in [-0.2, -0.15) is 13.2 Å². The van der Waals surface area contributed by atoms with Crippen molar-refractivity contribution in [1.82, 2.24) is 9.88 Å². The lowest BCUT2D eigenvalue weighted by atomic mass is 10.2. The second kappa shape index (κ2) is 7.25. The van der Waals surface area contributed by atoms with Crippen molar-refractivity contribution in [2.75, 3.05) is 31.1 Å². The summed E-state index contributed by atoms with van der Waals surface area (Å²) >= 11 is 5.90. The molecule has 0 atom stereocenters. The van der Waals surface area contributed by atoms with Crippen molar-refractivity contribution < 1.29 is 27.9 Å². The Morgan fingerprint density at radius 1 is 1.21 bits per heavy atom. The van der Waals surface area contributed by atoms with E-state index in [0.29, 0.717) is 26.2 Å². The van der Waals surface area contributed by atoms with Gasteiger partial charge in [-0.1, -0.05) is 11.6 Å². The lowest BCUT2D eigenvalue weighted by molar-refractivity contribution is -0.141. The van der Waals surface area contributed by atoms with Crippen LogP contribution in [0.4, 0.5) is 19.0 Å². The summed E-state index contributed by atoms with van der Waals surface area (Å²) in [5, 5.41) is 8.48. The third-order valence-corrected chi connectivity index (χ3v) is 3.91. The molecule has 24 heavy (non-hydrogen) atoms. The lowest BCUT2D eigenvalue weighted by Gasteiger charge is -2.35. The van der Waals surface area contributed by atoms with Crippen molar-refractivity contribution in [2.45, 2.75) is 19.0 Å². The number of carbonyl (C=O) groups is 2. The minimum Gasteiger partial charge on any atom is -0.481 e. The largest absolute Gasteiger partial charge is 0.481 e. The van der Waals surface area contributed by atoms with Crippen LogP contribution < -0.4 is 4.90 Å². The van der Waals surface area contributed by atoms with Gasteiger partial charge in [-0.3, -0.25) is 9.59 Å². The molecule has 1 fully saturated rings. The molecule has 132 valence electrons. The van der Waals surface area contributed by atoms with E-state index in [-0.39, 0.29) is 29.6 Å². The number of nitrogens with zero attached hydrogens (tertiary/aromatic N) is 3. The van der Waals surface area contributed by atoms with Crippen LogP contribution in [0.25, 0.3) is 0 Å². The molecule has 0 aromatic carbocycles. The summed E-state index contributed by atoms with van der Waals surface area (Å²) in [6.45, 7) is 1.38. The van der Waals surface area contributed by atoms with Gasteiger partial charge in [0.2, 0.25) is 5.91 Å². The predicted octanol–water partition coefficient (Wildman–Crippen LogP) is 2.27. The Morgan fingerprint density at radius 3 is 2.33 bits per heavy atom. The van der Waals surface area contributed by atoms with Crippen LogP contribution in [0.3, 0.4) is 0 Å². The number of carbonyl (C=O) groups excluding carboxylic acids is 1. The smallest absolute Gasteiger partial charge is 0.417 e. The van der Waals surface area contributed by atoms with Gasteiger partial charge in [-0.05, 0) is 6.07 Å². The number of pyridine rings is 1. The fraction of sp³-hybridized carbons (Fsp3) is 0.500. The van der Waals surface area contributed by atoms with Crippen molar-refractivity contribution in [3.8, 4) is 0 Å². The van der Waals surface area contributed by atoms with Gasteiger partial charge in [-0.25, -0.2) is 4.98 Å². The number of rotatable bonds is 4. The molecule has 10 heteroatoms. The summed E-state index contributed by atoms with van der Waals surface area (Å²) < 4.78 is 37.8. The number of alkyl halides is 3. The zero-order chi connectivity index (χ0) is 17.9. The second-order valence-corrected chi connectivity index (χ2v) is 5.70. The SMILES string of the molecule is O=C(O)CCC(=O)N1CCN(c2ncc(C(F)(F)F)cc2Cl)CC1. The fourth-order valence-electron chi connectivity index (χ4n) is 2.36. The maximum atomic E-state index is 12.6. The van der Waals surface area contributed by atoms with Crippen LogP contribution in [0.5, 0.6) is 0 Å². The van der Waals surface area contributed by atoms with Crippen LogP contribution in [0.1, 0.15) is 18.4 Å². The van der Waals surface area contributed by atoms with Crippen molar-refractivity contribution >= 4 is 29.3 Å². The van der Waals surface area contributed by atoms with E-state index in [2.05, 4.69) is 4.98 Å². The van der Waals surface area contributed by atoms with Gasteiger partial charge in [-0.15, -0.1) is 0 Å². The van der Waals surface area contributed by atoms with Crippen molar-refractivity contribution in [2.24, 2.45) is 0 Å². The molecule has 0 unspecified atom stereocenters. The van der Waals surface area contributed by atoms with Crippen LogP contribution in [0.15, 0.2) is 12.3 Å². The van der Waals surface area contributed by atoms with E-state index in [4.69, 9.17) is 16.7 Å². The quantitative estimate of drug-likeness (QED) is 0.886. The molecular formula is C14H15ClF3N3O3. The Kier molecular flexibility index (Phi) is 5.53. The monoisotopic (exact) mass is 365 g/mol. The first kappa shape index (κ1) is 18.3. The summed E-state index contributed by atoms with van der Waals surface area (Å²) in [7, 11) is 0. The lowest BCUT2D eigenvalue weighted by Crippen LogP contribution is -2.49. The van der Waals surface area contributed by atoms with E-state index in [9.17, 15) is 22.8 Å². The predicted molar refractivity (Wildman–Crippen MR) is 79.9 cm³/mol. The van der Waals surface area contributed by atoms with E-state index in [0.717, 1.165) is 12.3 Å². The van der Waals surface area contributed by atoms with Crippen LogP contribution in [0.2, 0.25) is 5.02 Å².